The molecule has 1 nitrogen and oxygen atoms in total. The van der Waals surface area contributed by atoms with Gasteiger partial charge < -0.3 is 5.32 Å². The number of hydrogen-bond donors (Lipinski definition) is 1. The molecule has 2 rings (SSSR count). The topological polar surface area (TPSA) is 12.0 Å². The molecule has 1 aromatic heterocycles. The zero-order valence-corrected chi connectivity index (χ0v) is 12.0. The lowest BCUT2D eigenvalue weighted by Crippen LogP contribution is -2.33. The predicted molar refractivity (Wildman–Crippen MR) is 76.8 cm³/mol. The zero-order valence-electron chi connectivity index (χ0n) is 11.2. The maximum Gasteiger partial charge on any atom is 0.00987 e. The molecule has 0 amide bonds. The fourth-order valence-corrected chi connectivity index (χ4v) is 3.91. The Morgan fingerprint density at radius 2 is 2.06 bits per heavy atom. The molecule has 0 saturated heterocycles. The smallest absolute Gasteiger partial charge is 0.00987 e. The third-order valence-corrected chi connectivity index (χ3v) is 5.10. The lowest BCUT2D eigenvalue weighted by atomic mass is 9.98. The zero-order chi connectivity index (χ0) is 12.1. The minimum absolute atomic E-state index is 0.780. The van der Waals surface area contributed by atoms with Crippen LogP contribution in [0.5, 0.6) is 0 Å². The van der Waals surface area contributed by atoms with E-state index < -0.39 is 0 Å². The van der Waals surface area contributed by atoms with Crippen LogP contribution in [0.15, 0.2) is 12.1 Å². The first-order chi connectivity index (χ1) is 8.33. The molecule has 0 aromatic carbocycles. The van der Waals surface area contributed by atoms with Crippen LogP contribution in [0.2, 0.25) is 0 Å². The number of rotatable bonds is 6. The number of nitrogens with one attached hydrogen (secondary N) is 1. The monoisotopic (exact) mass is 251 g/mol. The average Bonchev–Trinajstić information content (AvgIpc) is 2.96. The van der Waals surface area contributed by atoms with Crippen LogP contribution >= 0.6 is 11.3 Å². The summed E-state index contributed by atoms with van der Waals surface area (Å²) in [5.74, 6) is 0.880. The summed E-state index contributed by atoms with van der Waals surface area (Å²) in [6, 6.07) is 5.43. The van der Waals surface area contributed by atoms with Gasteiger partial charge in [-0.3, -0.25) is 0 Å². The van der Waals surface area contributed by atoms with Crippen molar-refractivity contribution < 1.29 is 0 Å². The Kier molecular flexibility index (Phi) is 5.05. The van der Waals surface area contributed by atoms with Crippen molar-refractivity contribution in [3.8, 4) is 0 Å². The molecule has 2 heteroatoms. The highest BCUT2D eigenvalue weighted by molar-refractivity contribution is 7.11. The first-order valence-electron chi connectivity index (χ1n) is 7.14. The summed E-state index contributed by atoms with van der Waals surface area (Å²) < 4.78 is 0. The van der Waals surface area contributed by atoms with Crippen LogP contribution in [-0.2, 0) is 12.8 Å². The van der Waals surface area contributed by atoms with Gasteiger partial charge in [0.1, 0.15) is 0 Å². The quantitative estimate of drug-likeness (QED) is 0.805. The molecule has 1 aliphatic carbocycles. The Bertz CT molecular complexity index is 331. The second-order valence-corrected chi connectivity index (χ2v) is 6.43. The molecule has 1 fully saturated rings. The molecule has 1 N–H and O–H groups in total. The van der Waals surface area contributed by atoms with Gasteiger partial charge in [0.15, 0.2) is 0 Å². The van der Waals surface area contributed by atoms with Crippen LogP contribution < -0.4 is 5.32 Å². The molecule has 17 heavy (non-hydrogen) atoms. The summed E-state index contributed by atoms with van der Waals surface area (Å²) in [4.78, 5) is 3.13. The van der Waals surface area contributed by atoms with E-state index in [1.807, 2.05) is 11.3 Å². The number of hydrogen-bond acceptors (Lipinski definition) is 2. The van der Waals surface area contributed by atoms with Gasteiger partial charge in [0.25, 0.3) is 0 Å². The Balaban J connectivity index is 1.88. The van der Waals surface area contributed by atoms with Crippen LogP contribution in [0.3, 0.4) is 0 Å². The van der Waals surface area contributed by atoms with E-state index in [9.17, 15) is 0 Å². The van der Waals surface area contributed by atoms with Crippen LogP contribution in [0.25, 0.3) is 0 Å². The molecule has 1 aromatic rings. The highest BCUT2D eigenvalue weighted by atomic mass is 32.1. The molecule has 0 aliphatic heterocycles. The Labute approximate surface area is 110 Å². The van der Waals surface area contributed by atoms with Gasteiger partial charge in [-0.15, -0.1) is 11.3 Å². The SMILES string of the molecule is CCCNC1CCCC1Cc1ccc(CC)s1. The Morgan fingerprint density at radius 1 is 1.24 bits per heavy atom. The lowest BCUT2D eigenvalue weighted by molar-refractivity contribution is 0.401. The van der Waals surface area contributed by atoms with Crippen molar-refractivity contribution in [3.05, 3.63) is 21.9 Å². The summed E-state index contributed by atoms with van der Waals surface area (Å²) >= 11 is 2.02. The molecule has 0 spiro atoms. The standard InChI is InChI=1S/C15H25NS/c1-3-10-16-15-7-5-6-12(15)11-14-9-8-13(4-2)17-14/h8-9,12,15-16H,3-7,10-11H2,1-2H3. The van der Waals surface area contributed by atoms with Crippen LogP contribution in [0.1, 0.15) is 49.3 Å². The van der Waals surface area contributed by atoms with Gasteiger partial charge in [-0.1, -0.05) is 20.3 Å². The lowest BCUT2D eigenvalue weighted by Gasteiger charge is -2.20. The van der Waals surface area contributed by atoms with Crippen molar-refractivity contribution in [1.29, 1.82) is 0 Å². The second-order valence-electron chi connectivity index (χ2n) is 5.18. The molecule has 1 saturated carbocycles. The molecule has 1 aliphatic rings. The highest BCUT2D eigenvalue weighted by Crippen LogP contribution is 2.31. The number of thiophene rings is 1. The minimum atomic E-state index is 0.780. The van der Waals surface area contributed by atoms with E-state index in [-0.39, 0.29) is 0 Å². The Morgan fingerprint density at radius 3 is 2.76 bits per heavy atom. The molecular weight excluding hydrogens is 226 g/mol. The minimum Gasteiger partial charge on any atom is -0.314 e. The summed E-state index contributed by atoms with van der Waals surface area (Å²) in [6.07, 6.45) is 7.95. The van der Waals surface area contributed by atoms with Crippen molar-refractivity contribution in [2.24, 2.45) is 5.92 Å². The molecule has 2 unspecified atom stereocenters. The van der Waals surface area contributed by atoms with Gasteiger partial charge >= 0.3 is 0 Å². The normalized spacial score (nSPS) is 24.4. The van der Waals surface area contributed by atoms with Gasteiger partial charge in [-0.2, -0.15) is 0 Å². The summed E-state index contributed by atoms with van der Waals surface area (Å²) in [6.45, 7) is 5.69. The van der Waals surface area contributed by atoms with Gasteiger partial charge in [0.2, 0.25) is 0 Å². The fourth-order valence-electron chi connectivity index (χ4n) is 2.86. The fraction of sp³-hybridized carbons (Fsp3) is 0.733. The second kappa shape index (κ2) is 6.55. The van der Waals surface area contributed by atoms with Gasteiger partial charge in [0.05, 0.1) is 0 Å². The molecular formula is C15H25NS. The van der Waals surface area contributed by atoms with Crippen LogP contribution in [-0.4, -0.2) is 12.6 Å². The third kappa shape index (κ3) is 3.56. The Hall–Kier alpha value is -0.340. The van der Waals surface area contributed by atoms with E-state index in [2.05, 4.69) is 31.3 Å². The van der Waals surface area contributed by atoms with E-state index in [0.717, 1.165) is 12.0 Å². The average molecular weight is 251 g/mol. The maximum absolute atomic E-state index is 3.73. The maximum atomic E-state index is 3.73. The van der Waals surface area contributed by atoms with Crippen molar-refractivity contribution in [1.82, 2.24) is 5.32 Å². The van der Waals surface area contributed by atoms with Crippen LogP contribution in [0, 0.1) is 5.92 Å². The van der Waals surface area contributed by atoms with Crippen molar-refractivity contribution in [3.63, 3.8) is 0 Å². The first-order valence-corrected chi connectivity index (χ1v) is 7.96. The van der Waals surface area contributed by atoms with Gasteiger partial charge in [-0.05, 0) is 56.7 Å². The van der Waals surface area contributed by atoms with Gasteiger partial charge in [-0.25, -0.2) is 0 Å². The first kappa shape index (κ1) is 13.1. The summed E-state index contributed by atoms with van der Waals surface area (Å²) in [5, 5.41) is 3.73. The molecule has 0 bridgehead atoms. The van der Waals surface area contributed by atoms with E-state index in [1.165, 1.54) is 49.9 Å². The third-order valence-electron chi connectivity index (χ3n) is 3.84. The molecule has 96 valence electrons. The van der Waals surface area contributed by atoms with E-state index >= 15 is 0 Å². The van der Waals surface area contributed by atoms with Gasteiger partial charge in [0, 0.05) is 15.8 Å². The van der Waals surface area contributed by atoms with Crippen molar-refractivity contribution >= 4 is 11.3 Å². The number of aryl methyl sites for hydroxylation is 1. The predicted octanol–water partition coefficient (Wildman–Crippen LogP) is 4.02. The van der Waals surface area contributed by atoms with Crippen molar-refractivity contribution in [2.45, 2.75) is 58.4 Å². The van der Waals surface area contributed by atoms with E-state index in [1.54, 1.807) is 4.88 Å². The van der Waals surface area contributed by atoms with E-state index in [0.29, 0.717) is 0 Å². The molecule has 2 atom stereocenters. The largest absolute Gasteiger partial charge is 0.314 e. The highest BCUT2D eigenvalue weighted by Gasteiger charge is 2.26. The summed E-state index contributed by atoms with van der Waals surface area (Å²) in [5.41, 5.74) is 0. The molecule has 1 heterocycles. The van der Waals surface area contributed by atoms with Crippen LogP contribution in [0.4, 0.5) is 0 Å². The molecule has 0 radical (unpaired) electrons. The van der Waals surface area contributed by atoms with Crippen molar-refractivity contribution in [2.75, 3.05) is 6.54 Å². The summed E-state index contributed by atoms with van der Waals surface area (Å²) in [7, 11) is 0. The van der Waals surface area contributed by atoms with E-state index in [4.69, 9.17) is 0 Å².